The topological polar surface area (TPSA) is 64.1 Å². The fourth-order valence-corrected chi connectivity index (χ4v) is 1.38. The molecular weight excluding hydrogens is 197 g/mol. The zero-order chi connectivity index (χ0) is 11.0. The molecule has 1 aromatic carbocycles. The molecule has 0 radical (unpaired) electrons. The van der Waals surface area contributed by atoms with Crippen molar-refractivity contribution in [1.82, 2.24) is 9.78 Å². The van der Waals surface area contributed by atoms with Gasteiger partial charge < -0.3 is 10.8 Å². The third-order valence-corrected chi connectivity index (χ3v) is 2.23. The summed E-state index contributed by atoms with van der Waals surface area (Å²) in [7, 11) is 1.68. The lowest BCUT2D eigenvalue weighted by atomic mass is 10.1. The van der Waals surface area contributed by atoms with E-state index in [9.17, 15) is 4.39 Å². The van der Waals surface area contributed by atoms with Gasteiger partial charge in [-0.25, -0.2) is 4.39 Å². The van der Waals surface area contributed by atoms with Crippen LogP contribution in [0.1, 0.15) is 0 Å². The number of hydrogen-bond donors (Lipinski definition) is 2. The minimum absolute atomic E-state index is 0.112. The number of aromatic nitrogens is 2. The van der Waals surface area contributed by atoms with Gasteiger partial charge in [-0.05, 0) is 12.1 Å². The molecule has 0 saturated heterocycles. The molecule has 78 valence electrons. The van der Waals surface area contributed by atoms with Crippen LogP contribution in [0.2, 0.25) is 0 Å². The minimum Gasteiger partial charge on any atom is -0.508 e. The Kier molecular flexibility index (Phi) is 2.07. The molecule has 3 N–H and O–H groups in total. The van der Waals surface area contributed by atoms with Gasteiger partial charge in [0.15, 0.2) is 0 Å². The van der Waals surface area contributed by atoms with E-state index in [1.807, 2.05) is 0 Å². The predicted octanol–water partition coefficient (Wildman–Crippen LogP) is 1.51. The van der Waals surface area contributed by atoms with Crippen LogP contribution in [-0.4, -0.2) is 14.9 Å². The molecule has 0 aliphatic carbocycles. The Bertz CT molecular complexity index is 507. The molecule has 5 heteroatoms. The summed E-state index contributed by atoms with van der Waals surface area (Å²) in [5.74, 6) is -0.243. The van der Waals surface area contributed by atoms with E-state index in [2.05, 4.69) is 5.10 Å². The Labute approximate surface area is 85.8 Å². The Morgan fingerprint density at radius 3 is 2.67 bits per heavy atom. The van der Waals surface area contributed by atoms with Crippen LogP contribution in [0.4, 0.5) is 10.2 Å². The molecule has 4 nitrogen and oxygen atoms in total. The Morgan fingerprint density at radius 2 is 2.13 bits per heavy atom. The first kappa shape index (κ1) is 9.51. The predicted molar refractivity (Wildman–Crippen MR) is 54.7 cm³/mol. The van der Waals surface area contributed by atoms with E-state index in [1.165, 1.54) is 23.0 Å². The molecule has 0 bridgehead atoms. The van der Waals surface area contributed by atoms with Gasteiger partial charge in [-0.1, -0.05) is 0 Å². The zero-order valence-electron chi connectivity index (χ0n) is 8.11. The van der Waals surface area contributed by atoms with Gasteiger partial charge in [0, 0.05) is 24.2 Å². The van der Waals surface area contributed by atoms with Crippen molar-refractivity contribution >= 4 is 5.82 Å². The van der Waals surface area contributed by atoms with E-state index in [1.54, 1.807) is 7.05 Å². The first-order valence-corrected chi connectivity index (χ1v) is 4.36. The van der Waals surface area contributed by atoms with Crippen LogP contribution in [0.5, 0.6) is 5.75 Å². The van der Waals surface area contributed by atoms with E-state index < -0.39 is 5.82 Å². The molecule has 0 fully saturated rings. The monoisotopic (exact) mass is 207 g/mol. The highest BCUT2D eigenvalue weighted by atomic mass is 19.1. The summed E-state index contributed by atoms with van der Waals surface area (Å²) in [5, 5.41) is 13.0. The van der Waals surface area contributed by atoms with Crippen LogP contribution in [0.15, 0.2) is 24.4 Å². The van der Waals surface area contributed by atoms with Crippen molar-refractivity contribution in [3.05, 3.63) is 30.2 Å². The van der Waals surface area contributed by atoms with Gasteiger partial charge in [0.25, 0.3) is 0 Å². The summed E-state index contributed by atoms with van der Waals surface area (Å²) in [5.41, 5.74) is 6.57. The largest absolute Gasteiger partial charge is 0.508 e. The molecule has 1 heterocycles. The maximum atomic E-state index is 13.5. The molecule has 0 aliphatic rings. The second-order valence-electron chi connectivity index (χ2n) is 3.23. The molecule has 0 unspecified atom stereocenters. The van der Waals surface area contributed by atoms with Crippen molar-refractivity contribution in [2.24, 2.45) is 7.05 Å². The van der Waals surface area contributed by atoms with Gasteiger partial charge >= 0.3 is 0 Å². The number of benzene rings is 1. The summed E-state index contributed by atoms with van der Waals surface area (Å²) in [6, 6.07) is 3.92. The normalized spacial score (nSPS) is 10.5. The lowest BCUT2D eigenvalue weighted by Crippen LogP contribution is -1.98. The van der Waals surface area contributed by atoms with E-state index in [0.29, 0.717) is 16.9 Å². The lowest BCUT2D eigenvalue weighted by molar-refractivity contribution is 0.469. The second-order valence-corrected chi connectivity index (χ2v) is 3.23. The summed E-state index contributed by atoms with van der Waals surface area (Å²) < 4.78 is 14.9. The molecule has 0 saturated carbocycles. The SMILES string of the molecule is Cn1ncc(-c2ccc(O)cc2F)c1N. The summed E-state index contributed by atoms with van der Waals surface area (Å²) >= 11 is 0. The number of nitrogens with two attached hydrogens (primary N) is 1. The van der Waals surface area contributed by atoms with Crippen LogP contribution < -0.4 is 5.73 Å². The van der Waals surface area contributed by atoms with Gasteiger partial charge in [-0.3, -0.25) is 4.68 Å². The third kappa shape index (κ3) is 1.52. The zero-order valence-corrected chi connectivity index (χ0v) is 8.11. The van der Waals surface area contributed by atoms with Crippen LogP contribution in [0, 0.1) is 5.82 Å². The maximum Gasteiger partial charge on any atom is 0.134 e. The summed E-state index contributed by atoms with van der Waals surface area (Å²) in [4.78, 5) is 0. The van der Waals surface area contributed by atoms with Crippen molar-refractivity contribution in [3.63, 3.8) is 0 Å². The Hall–Kier alpha value is -2.04. The number of rotatable bonds is 1. The highest BCUT2D eigenvalue weighted by Gasteiger charge is 2.11. The van der Waals surface area contributed by atoms with Crippen molar-refractivity contribution < 1.29 is 9.50 Å². The van der Waals surface area contributed by atoms with Crippen molar-refractivity contribution in [1.29, 1.82) is 0 Å². The van der Waals surface area contributed by atoms with Gasteiger partial charge in [0.2, 0.25) is 0 Å². The summed E-state index contributed by atoms with van der Waals surface area (Å²) in [6.45, 7) is 0. The maximum absolute atomic E-state index is 13.5. The molecular formula is C10H10FN3O. The van der Waals surface area contributed by atoms with Crippen LogP contribution in [-0.2, 0) is 7.05 Å². The molecule has 0 atom stereocenters. The van der Waals surface area contributed by atoms with E-state index in [-0.39, 0.29) is 5.75 Å². The smallest absolute Gasteiger partial charge is 0.134 e. The van der Waals surface area contributed by atoms with E-state index in [4.69, 9.17) is 10.8 Å². The Balaban J connectivity index is 2.59. The quantitative estimate of drug-likeness (QED) is 0.745. The number of aryl methyl sites for hydroxylation is 1. The van der Waals surface area contributed by atoms with Gasteiger partial charge in [0.05, 0.1) is 6.20 Å². The summed E-state index contributed by atoms with van der Waals surface area (Å²) in [6.07, 6.45) is 1.49. The number of nitrogen functional groups attached to an aromatic ring is 1. The molecule has 2 rings (SSSR count). The molecule has 0 aliphatic heterocycles. The fraction of sp³-hybridized carbons (Fsp3) is 0.100. The van der Waals surface area contributed by atoms with Crippen molar-refractivity contribution in [2.75, 3.05) is 5.73 Å². The van der Waals surface area contributed by atoms with Gasteiger partial charge in [-0.15, -0.1) is 0 Å². The number of nitrogens with zero attached hydrogens (tertiary/aromatic N) is 2. The van der Waals surface area contributed by atoms with Crippen LogP contribution >= 0.6 is 0 Å². The number of phenols is 1. The van der Waals surface area contributed by atoms with Crippen LogP contribution in [0.3, 0.4) is 0 Å². The fourth-order valence-electron chi connectivity index (χ4n) is 1.38. The van der Waals surface area contributed by atoms with Crippen LogP contribution in [0.25, 0.3) is 11.1 Å². The first-order valence-electron chi connectivity index (χ1n) is 4.36. The molecule has 2 aromatic rings. The van der Waals surface area contributed by atoms with Crippen molar-refractivity contribution in [2.45, 2.75) is 0 Å². The Morgan fingerprint density at radius 1 is 1.40 bits per heavy atom. The highest BCUT2D eigenvalue weighted by Crippen LogP contribution is 2.29. The van der Waals surface area contributed by atoms with E-state index in [0.717, 1.165) is 6.07 Å². The molecule has 0 spiro atoms. The average molecular weight is 207 g/mol. The second kappa shape index (κ2) is 3.27. The minimum atomic E-state index is -0.519. The van der Waals surface area contributed by atoms with E-state index >= 15 is 0 Å². The number of anilines is 1. The van der Waals surface area contributed by atoms with Crippen molar-refractivity contribution in [3.8, 4) is 16.9 Å². The molecule has 15 heavy (non-hydrogen) atoms. The third-order valence-electron chi connectivity index (χ3n) is 2.23. The lowest BCUT2D eigenvalue weighted by Gasteiger charge is -2.02. The molecule has 0 amide bonds. The molecule has 1 aromatic heterocycles. The number of halogens is 1. The number of hydrogen-bond acceptors (Lipinski definition) is 3. The standard InChI is InChI=1S/C10H10FN3O/c1-14-10(12)8(5-13-14)7-3-2-6(15)4-9(7)11/h2-5,15H,12H2,1H3. The number of aromatic hydroxyl groups is 1. The van der Waals surface area contributed by atoms with Gasteiger partial charge in [-0.2, -0.15) is 5.10 Å². The first-order chi connectivity index (χ1) is 7.09. The van der Waals surface area contributed by atoms with Gasteiger partial charge in [0.1, 0.15) is 17.4 Å². The number of phenolic OH excluding ortho intramolecular Hbond substituents is 1. The average Bonchev–Trinajstić information content (AvgIpc) is 2.49. The highest BCUT2D eigenvalue weighted by molar-refractivity contribution is 5.74.